The van der Waals surface area contributed by atoms with Crippen molar-refractivity contribution in [1.82, 2.24) is 0 Å². The first-order chi connectivity index (χ1) is 13.5. The van der Waals surface area contributed by atoms with Crippen LogP contribution in [0.3, 0.4) is 0 Å². The molecule has 142 valence electrons. The van der Waals surface area contributed by atoms with Crippen LogP contribution in [0.25, 0.3) is 0 Å². The van der Waals surface area contributed by atoms with Gasteiger partial charge in [-0.2, -0.15) is 0 Å². The van der Waals surface area contributed by atoms with Crippen molar-refractivity contribution in [2.24, 2.45) is 0 Å². The topological polar surface area (TPSA) is 55.4 Å². The first-order valence-electron chi connectivity index (χ1n) is 8.27. The SMILES string of the molecule is O=C(COC(=O)c1c(F)cccc1Cl)Nc1ccccc1Sc1ccccc1. The fourth-order valence-electron chi connectivity index (χ4n) is 2.36. The second kappa shape index (κ2) is 9.39. The van der Waals surface area contributed by atoms with Crippen LogP contribution in [-0.2, 0) is 9.53 Å². The second-order valence-corrected chi connectivity index (χ2v) is 7.15. The molecule has 0 aliphatic heterocycles. The zero-order valence-electron chi connectivity index (χ0n) is 14.5. The van der Waals surface area contributed by atoms with Crippen molar-refractivity contribution in [3.05, 3.63) is 89.2 Å². The van der Waals surface area contributed by atoms with Gasteiger partial charge in [-0.3, -0.25) is 4.79 Å². The molecule has 0 fully saturated rings. The number of benzene rings is 3. The summed E-state index contributed by atoms with van der Waals surface area (Å²) in [4.78, 5) is 26.1. The number of ether oxygens (including phenoxy) is 1. The number of hydrogen-bond acceptors (Lipinski definition) is 4. The van der Waals surface area contributed by atoms with Crippen LogP contribution in [0, 0.1) is 5.82 Å². The van der Waals surface area contributed by atoms with E-state index in [4.69, 9.17) is 16.3 Å². The summed E-state index contributed by atoms with van der Waals surface area (Å²) < 4.78 is 18.6. The Morgan fingerprint density at radius 3 is 2.43 bits per heavy atom. The van der Waals surface area contributed by atoms with Gasteiger partial charge in [-0.05, 0) is 36.4 Å². The lowest BCUT2D eigenvalue weighted by molar-refractivity contribution is -0.119. The van der Waals surface area contributed by atoms with E-state index in [-0.39, 0.29) is 5.02 Å². The van der Waals surface area contributed by atoms with Gasteiger partial charge in [-0.25, -0.2) is 9.18 Å². The summed E-state index contributed by atoms with van der Waals surface area (Å²) in [5, 5.41) is 2.63. The van der Waals surface area contributed by atoms with E-state index in [1.807, 2.05) is 42.5 Å². The molecule has 4 nitrogen and oxygen atoms in total. The van der Waals surface area contributed by atoms with Gasteiger partial charge in [-0.15, -0.1) is 0 Å². The quantitative estimate of drug-likeness (QED) is 0.546. The van der Waals surface area contributed by atoms with E-state index in [0.29, 0.717) is 5.69 Å². The molecule has 0 heterocycles. The van der Waals surface area contributed by atoms with E-state index in [2.05, 4.69) is 5.32 Å². The number of carbonyl (C=O) groups excluding carboxylic acids is 2. The number of esters is 1. The Labute approximate surface area is 170 Å². The van der Waals surface area contributed by atoms with Gasteiger partial charge in [0.25, 0.3) is 5.91 Å². The molecule has 28 heavy (non-hydrogen) atoms. The average molecular weight is 416 g/mol. The number of rotatable bonds is 6. The number of amides is 1. The summed E-state index contributed by atoms with van der Waals surface area (Å²) in [5.41, 5.74) is 0.193. The summed E-state index contributed by atoms with van der Waals surface area (Å²) in [6.07, 6.45) is 0. The molecule has 0 aliphatic rings. The van der Waals surface area contributed by atoms with Gasteiger partial charge in [0.05, 0.1) is 10.7 Å². The fourth-order valence-corrected chi connectivity index (χ4v) is 3.52. The van der Waals surface area contributed by atoms with E-state index in [9.17, 15) is 14.0 Å². The van der Waals surface area contributed by atoms with Crippen LogP contribution >= 0.6 is 23.4 Å². The molecule has 7 heteroatoms. The predicted molar refractivity (Wildman–Crippen MR) is 107 cm³/mol. The Bertz CT molecular complexity index is 978. The van der Waals surface area contributed by atoms with Gasteiger partial charge in [0.1, 0.15) is 11.4 Å². The normalized spacial score (nSPS) is 10.4. The third kappa shape index (κ3) is 5.12. The highest BCUT2D eigenvalue weighted by Gasteiger charge is 2.18. The maximum Gasteiger partial charge on any atom is 0.343 e. The van der Waals surface area contributed by atoms with E-state index < -0.39 is 29.9 Å². The summed E-state index contributed by atoms with van der Waals surface area (Å²) >= 11 is 7.31. The summed E-state index contributed by atoms with van der Waals surface area (Å²) in [6, 6.07) is 20.8. The largest absolute Gasteiger partial charge is 0.452 e. The van der Waals surface area contributed by atoms with Crippen LogP contribution in [0.15, 0.2) is 82.6 Å². The Morgan fingerprint density at radius 2 is 1.68 bits per heavy atom. The molecule has 0 saturated heterocycles. The van der Waals surface area contributed by atoms with Crippen molar-refractivity contribution < 1.29 is 18.7 Å². The second-order valence-electron chi connectivity index (χ2n) is 5.63. The minimum absolute atomic E-state index is 0.0741. The third-order valence-corrected chi connectivity index (χ3v) is 5.03. The number of nitrogens with one attached hydrogen (secondary N) is 1. The first kappa shape index (κ1) is 19.9. The third-order valence-electron chi connectivity index (χ3n) is 3.63. The Balaban J connectivity index is 1.63. The maximum atomic E-state index is 13.7. The molecule has 0 bridgehead atoms. The molecule has 0 radical (unpaired) electrons. The van der Waals surface area contributed by atoms with Gasteiger partial charge in [0.15, 0.2) is 6.61 Å². The van der Waals surface area contributed by atoms with Crippen LogP contribution in [0.5, 0.6) is 0 Å². The van der Waals surface area contributed by atoms with Gasteiger partial charge in [-0.1, -0.05) is 59.8 Å². The van der Waals surface area contributed by atoms with Crippen molar-refractivity contribution >= 4 is 40.9 Å². The minimum atomic E-state index is -0.995. The van der Waals surface area contributed by atoms with Crippen LogP contribution in [0.4, 0.5) is 10.1 Å². The van der Waals surface area contributed by atoms with Crippen molar-refractivity contribution in [2.45, 2.75) is 9.79 Å². The molecule has 0 aliphatic carbocycles. The number of carbonyl (C=O) groups is 2. The lowest BCUT2D eigenvalue weighted by atomic mass is 10.2. The molecule has 1 amide bonds. The van der Waals surface area contributed by atoms with Gasteiger partial charge in [0, 0.05) is 9.79 Å². The Hall–Kier alpha value is -2.83. The highest BCUT2D eigenvalue weighted by Crippen LogP contribution is 2.33. The predicted octanol–water partition coefficient (Wildman–Crippen LogP) is 5.43. The van der Waals surface area contributed by atoms with E-state index in [1.54, 1.807) is 12.1 Å². The van der Waals surface area contributed by atoms with Crippen molar-refractivity contribution in [3.8, 4) is 0 Å². The molecule has 3 rings (SSSR count). The highest BCUT2D eigenvalue weighted by atomic mass is 35.5. The van der Waals surface area contributed by atoms with Crippen LogP contribution < -0.4 is 5.32 Å². The van der Waals surface area contributed by atoms with Crippen LogP contribution in [0.2, 0.25) is 5.02 Å². The molecular weight excluding hydrogens is 401 g/mol. The maximum absolute atomic E-state index is 13.7. The molecule has 0 aromatic heterocycles. The van der Waals surface area contributed by atoms with E-state index >= 15 is 0 Å². The molecule has 0 saturated carbocycles. The monoisotopic (exact) mass is 415 g/mol. The van der Waals surface area contributed by atoms with Crippen LogP contribution in [0.1, 0.15) is 10.4 Å². The molecule has 0 unspecified atom stereocenters. The minimum Gasteiger partial charge on any atom is -0.452 e. The number of anilines is 1. The number of hydrogen-bond donors (Lipinski definition) is 1. The Morgan fingerprint density at radius 1 is 0.964 bits per heavy atom. The van der Waals surface area contributed by atoms with E-state index in [1.165, 1.54) is 23.9 Å². The smallest absolute Gasteiger partial charge is 0.343 e. The van der Waals surface area contributed by atoms with Crippen molar-refractivity contribution in [3.63, 3.8) is 0 Å². The molecular formula is C21H15ClFNO3S. The summed E-state index contributed by atoms with van der Waals surface area (Å²) in [5.74, 6) is -2.34. The first-order valence-corrected chi connectivity index (χ1v) is 9.47. The standard InChI is InChI=1S/C21H15ClFNO3S/c22-15-9-6-10-16(23)20(15)21(26)27-13-19(25)24-17-11-4-5-12-18(17)28-14-7-2-1-3-8-14/h1-12H,13H2,(H,24,25). The Kier molecular flexibility index (Phi) is 6.68. The van der Waals surface area contributed by atoms with E-state index in [0.717, 1.165) is 15.9 Å². The van der Waals surface area contributed by atoms with Gasteiger partial charge >= 0.3 is 5.97 Å². The van der Waals surface area contributed by atoms with Gasteiger partial charge in [0.2, 0.25) is 0 Å². The molecule has 0 spiro atoms. The highest BCUT2D eigenvalue weighted by molar-refractivity contribution is 7.99. The number of para-hydroxylation sites is 1. The zero-order chi connectivity index (χ0) is 19.9. The molecule has 0 atom stereocenters. The fraction of sp³-hybridized carbons (Fsp3) is 0.0476. The van der Waals surface area contributed by atoms with Crippen molar-refractivity contribution in [1.29, 1.82) is 0 Å². The number of halogens is 2. The molecule has 3 aromatic rings. The summed E-state index contributed by atoms with van der Waals surface area (Å²) in [7, 11) is 0. The van der Waals surface area contributed by atoms with Crippen LogP contribution in [-0.4, -0.2) is 18.5 Å². The average Bonchev–Trinajstić information content (AvgIpc) is 2.68. The zero-order valence-corrected chi connectivity index (χ0v) is 16.1. The van der Waals surface area contributed by atoms with Crippen molar-refractivity contribution in [2.75, 3.05) is 11.9 Å². The molecule has 1 N–H and O–H groups in total. The van der Waals surface area contributed by atoms with Gasteiger partial charge < -0.3 is 10.1 Å². The lowest BCUT2D eigenvalue weighted by Gasteiger charge is -2.11. The summed E-state index contributed by atoms with van der Waals surface area (Å²) in [6.45, 7) is -0.562. The lowest BCUT2D eigenvalue weighted by Crippen LogP contribution is -2.21. The molecule has 3 aromatic carbocycles.